The zero-order valence-corrected chi connectivity index (χ0v) is 18.1. The largest absolute Gasteiger partial charge is 0.489 e. The molecule has 31 heavy (non-hydrogen) atoms. The summed E-state index contributed by atoms with van der Waals surface area (Å²) in [6.45, 7) is 2.64. The first-order valence-corrected chi connectivity index (χ1v) is 10.9. The molecule has 160 valence electrons. The molecule has 1 saturated heterocycles. The van der Waals surface area contributed by atoms with Gasteiger partial charge < -0.3 is 15.0 Å². The van der Waals surface area contributed by atoms with Gasteiger partial charge >= 0.3 is 0 Å². The molecule has 4 rings (SSSR count). The minimum absolute atomic E-state index is 0.111. The minimum atomic E-state index is 0.111. The van der Waals surface area contributed by atoms with E-state index in [-0.39, 0.29) is 5.91 Å². The van der Waals surface area contributed by atoms with Gasteiger partial charge in [-0.25, -0.2) is 0 Å². The predicted molar refractivity (Wildman–Crippen MR) is 122 cm³/mol. The molecule has 1 aromatic heterocycles. The first kappa shape index (κ1) is 21.3. The Labute approximate surface area is 188 Å². The maximum absolute atomic E-state index is 12.6. The van der Waals surface area contributed by atoms with Crippen LogP contribution in [0.2, 0.25) is 5.02 Å². The summed E-state index contributed by atoms with van der Waals surface area (Å²) in [5.74, 6) is 0.928. The summed E-state index contributed by atoms with van der Waals surface area (Å²) in [6.07, 6.45) is 5.40. The van der Waals surface area contributed by atoms with Crippen LogP contribution in [0.25, 0.3) is 0 Å². The van der Waals surface area contributed by atoms with E-state index in [2.05, 4.69) is 10.3 Å². The van der Waals surface area contributed by atoms with Crippen molar-refractivity contribution in [2.75, 3.05) is 13.1 Å². The van der Waals surface area contributed by atoms with Gasteiger partial charge in [-0.1, -0.05) is 35.9 Å². The third-order valence-corrected chi connectivity index (χ3v) is 5.76. The summed E-state index contributed by atoms with van der Waals surface area (Å²) in [5.41, 5.74) is 2.80. The Kier molecular flexibility index (Phi) is 7.18. The third-order valence-electron chi connectivity index (χ3n) is 5.52. The van der Waals surface area contributed by atoms with Crippen molar-refractivity contribution in [2.45, 2.75) is 32.0 Å². The highest BCUT2D eigenvalue weighted by Gasteiger charge is 2.23. The lowest BCUT2D eigenvalue weighted by Gasteiger charge is -2.32. The predicted octanol–water partition coefficient (Wildman–Crippen LogP) is 4.71. The third kappa shape index (κ3) is 5.84. The van der Waals surface area contributed by atoms with Gasteiger partial charge in [0.25, 0.3) is 5.91 Å². The number of nitrogens with zero attached hydrogens (tertiary/aromatic N) is 2. The van der Waals surface area contributed by atoms with Gasteiger partial charge in [-0.05, 0) is 49.2 Å². The number of benzene rings is 2. The fourth-order valence-corrected chi connectivity index (χ4v) is 3.97. The number of hydrogen-bond donors (Lipinski definition) is 1. The number of likely N-dealkylation sites (tertiary alicyclic amines) is 1. The van der Waals surface area contributed by atoms with Gasteiger partial charge in [-0.3, -0.25) is 9.78 Å². The molecule has 0 atom stereocenters. The summed E-state index contributed by atoms with van der Waals surface area (Å²) in [5, 5.41) is 4.30. The van der Waals surface area contributed by atoms with Crippen LogP contribution in [0.3, 0.4) is 0 Å². The smallest absolute Gasteiger partial charge is 0.253 e. The second-order valence-electron chi connectivity index (χ2n) is 7.72. The van der Waals surface area contributed by atoms with Crippen molar-refractivity contribution in [3.63, 3.8) is 0 Å². The molecular weight excluding hydrogens is 410 g/mol. The lowest BCUT2D eigenvalue weighted by molar-refractivity contribution is 0.0704. The zero-order valence-electron chi connectivity index (χ0n) is 17.3. The summed E-state index contributed by atoms with van der Waals surface area (Å²) < 4.78 is 6.02. The number of carbonyl (C=O) groups is 1. The molecule has 2 aromatic carbocycles. The fraction of sp³-hybridized carbons (Fsp3) is 0.280. The van der Waals surface area contributed by atoms with Crippen LogP contribution in [0, 0.1) is 0 Å². The van der Waals surface area contributed by atoms with Crippen LogP contribution in [0.5, 0.6) is 5.75 Å². The molecule has 6 heteroatoms. The highest BCUT2D eigenvalue weighted by molar-refractivity contribution is 6.30. The van der Waals surface area contributed by atoms with E-state index in [0.717, 1.165) is 48.4 Å². The van der Waals surface area contributed by atoms with Gasteiger partial charge in [-0.2, -0.15) is 0 Å². The monoisotopic (exact) mass is 435 g/mol. The molecule has 0 bridgehead atoms. The normalized spacial score (nSPS) is 14.4. The maximum Gasteiger partial charge on any atom is 0.253 e. The molecule has 0 saturated carbocycles. The summed E-state index contributed by atoms with van der Waals surface area (Å²) in [4.78, 5) is 18.7. The van der Waals surface area contributed by atoms with Crippen molar-refractivity contribution in [2.24, 2.45) is 0 Å². The summed E-state index contributed by atoms with van der Waals surface area (Å²) >= 11 is 6.23. The Hall–Kier alpha value is -2.89. The lowest BCUT2D eigenvalue weighted by atomic mass is 10.0. The van der Waals surface area contributed by atoms with Crippen LogP contribution in [0.1, 0.15) is 34.3 Å². The van der Waals surface area contributed by atoms with Crippen molar-refractivity contribution < 1.29 is 9.53 Å². The van der Waals surface area contributed by atoms with E-state index in [4.69, 9.17) is 16.3 Å². The quantitative estimate of drug-likeness (QED) is 0.584. The topological polar surface area (TPSA) is 54.5 Å². The van der Waals surface area contributed by atoms with E-state index in [1.54, 1.807) is 12.4 Å². The number of nitrogens with one attached hydrogen (secondary N) is 1. The molecule has 0 unspecified atom stereocenters. The van der Waals surface area contributed by atoms with Gasteiger partial charge in [0.2, 0.25) is 0 Å². The van der Waals surface area contributed by atoms with E-state index in [1.165, 1.54) is 0 Å². The van der Waals surface area contributed by atoms with Crippen LogP contribution in [-0.2, 0) is 13.2 Å². The number of aromatic nitrogens is 1. The number of carbonyl (C=O) groups excluding carboxylic acids is 1. The van der Waals surface area contributed by atoms with E-state index >= 15 is 0 Å². The second kappa shape index (κ2) is 10.4. The van der Waals surface area contributed by atoms with Gasteiger partial charge in [0.05, 0.1) is 0 Å². The molecule has 1 amide bonds. The maximum atomic E-state index is 12.6. The van der Waals surface area contributed by atoms with Gasteiger partial charge in [0.15, 0.2) is 0 Å². The van der Waals surface area contributed by atoms with Crippen molar-refractivity contribution in [1.29, 1.82) is 0 Å². The lowest BCUT2D eigenvalue weighted by Crippen LogP contribution is -2.44. The molecule has 5 nitrogen and oxygen atoms in total. The second-order valence-corrected chi connectivity index (χ2v) is 8.15. The highest BCUT2D eigenvalue weighted by Crippen LogP contribution is 2.24. The van der Waals surface area contributed by atoms with Gasteiger partial charge in [0.1, 0.15) is 12.4 Å². The number of amides is 1. The van der Waals surface area contributed by atoms with Gasteiger partial charge in [-0.15, -0.1) is 0 Å². The van der Waals surface area contributed by atoms with Crippen molar-refractivity contribution in [1.82, 2.24) is 15.2 Å². The SMILES string of the molecule is O=C(c1ccccc1)N1CCC(NCc2cc(Cl)ccc2OCc2cccnc2)CC1. The highest BCUT2D eigenvalue weighted by atomic mass is 35.5. The molecule has 3 aromatic rings. The molecule has 0 spiro atoms. The van der Waals surface area contributed by atoms with Crippen molar-refractivity contribution in [3.05, 3.63) is 94.8 Å². The molecule has 1 fully saturated rings. The average molecular weight is 436 g/mol. The van der Waals surface area contributed by atoms with Crippen molar-refractivity contribution >= 4 is 17.5 Å². The van der Waals surface area contributed by atoms with E-state index in [9.17, 15) is 4.79 Å². The number of rotatable bonds is 7. The van der Waals surface area contributed by atoms with Crippen LogP contribution in [0.15, 0.2) is 73.1 Å². The Balaban J connectivity index is 1.30. The first-order valence-electron chi connectivity index (χ1n) is 10.6. The summed E-state index contributed by atoms with van der Waals surface area (Å²) in [7, 11) is 0. The Morgan fingerprint density at radius 3 is 2.65 bits per heavy atom. The first-order chi connectivity index (χ1) is 15.2. The number of pyridine rings is 1. The minimum Gasteiger partial charge on any atom is -0.489 e. The van der Waals surface area contributed by atoms with E-state index in [0.29, 0.717) is 24.2 Å². The van der Waals surface area contributed by atoms with Crippen LogP contribution < -0.4 is 10.1 Å². The molecule has 0 radical (unpaired) electrons. The fourth-order valence-electron chi connectivity index (χ4n) is 3.78. The molecule has 1 aliphatic heterocycles. The standard InChI is InChI=1S/C25H26ClN3O2/c26-22-8-9-24(31-18-19-5-4-12-27-16-19)21(15-22)17-28-23-10-13-29(14-11-23)25(30)20-6-2-1-3-7-20/h1-9,12,15-16,23,28H,10-11,13-14,17-18H2. The average Bonchev–Trinajstić information content (AvgIpc) is 2.83. The Morgan fingerprint density at radius 2 is 1.90 bits per heavy atom. The van der Waals surface area contributed by atoms with Crippen molar-refractivity contribution in [3.8, 4) is 5.75 Å². The molecule has 2 heterocycles. The van der Waals surface area contributed by atoms with Crippen LogP contribution >= 0.6 is 11.6 Å². The van der Waals surface area contributed by atoms with E-state index in [1.807, 2.05) is 65.6 Å². The molecule has 1 N–H and O–H groups in total. The molecule has 0 aliphatic carbocycles. The van der Waals surface area contributed by atoms with E-state index < -0.39 is 0 Å². The molecule has 1 aliphatic rings. The summed E-state index contributed by atoms with van der Waals surface area (Å²) in [6, 6.07) is 19.4. The van der Waals surface area contributed by atoms with Gasteiger partial charge in [0, 0.05) is 59.8 Å². The van der Waals surface area contributed by atoms with Crippen LogP contribution in [-0.4, -0.2) is 34.9 Å². The zero-order chi connectivity index (χ0) is 21.5. The number of ether oxygens (including phenoxy) is 1. The number of piperidine rings is 1. The number of halogens is 1. The number of hydrogen-bond acceptors (Lipinski definition) is 4. The Bertz CT molecular complexity index is 990. The molecular formula is C25H26ClN3O2. The Morgan fingerprint density at radius 1 is 1.10 bits per heavy atom. The van der Waals surface area contributed by atoms with Crippen LogP contribution in [0.4, 0.5) is 0 Å².